The van der Waals surface area contributed by atoms with Gasteiger partial charge in [0.2, 0.25) is 5.13 Å². The minimum absolute atomic E-state index is 0.0144. The van der Waals surface area contributed by atoms with Gasteiger partial charge in [-0.05, 0) is 30.7 Å². The molecule has 1 N–H and O–H groups in total. The number of anilines is 1. The van der Waals surface area contributed by atoms with Gasteiger partial charge in [-0.15, -0.1) is 10.2 Å². The van der Waals surface area contributed by atoms with Crippen LogP contribution >= 0.6 is 23.1 Å². The normalized spacial score (nSPS) is 14.3. The van der Waals surface area contributed by atoms with E-state index in [1.165, 1.54) is 23.6 Å². The number of aromatic nitrogens is 3. The van der Waals surface area contributed by atoms with Gasteiger partial charge in [0.15, 0.2) is 9.37 Å². The second-order valence-electron chi connectivity index (χ2n) is 3.98. The van der Waals surface area contributed by atoms with Gasteiger partial charge in [0.1, 0.15) is 0 Å². The predicted molar refractivity (Wildman–Crippen MR) is 71.6 cm³/mol. The summed E-state index contributed by atoms with van der Waals surface area (Å²) in [6.45, 7) is 0. The van der Waals surface area contributed by atoms with E-state index in [-0.39, 0.29) is 5.69 Å². The van der Waals surface area contributed by atoms with Crippen LogP contribution in [0.5, 0.6) is 0 Å². The molecule has 98 valence electrons. The molecule has 0 spiro atoms. The molecule has 0 bridgehead atoms. The van der Waals surface area contributed by atoms with E-state index in [2.05, 4.69) is 20.5 Å². The van der Waals surface area contributed by atoms with E-state index in [0.29, 0.717) is 15.4 Å². The lowest BCUT2D eigenvalue weighted by atomic mass is 10.4. The molecule has 2 aromatic rings. The zero-order valence-electron chi connectivity index (χ0n) is 9.65. The van der Waals surface area contributed by atoms with E-state index in [4.69, 9.17) is 0 Å². The summed E-state index contributed by atoms with van der Waals surface area (Å²) in [6.07, 6.45) is 3.85. The van der Waals surface area contributed by atoms with Crippen LogP contribution < -0.4 is 5.32 Å². The van der Waals surface area contributed by atoms with E-state index in [1.54, 1.807) is 6.07 Å². The molecule has 0 amide bonds. The summed E-state index contributed by atoms with van der Waals surface area (Å²) < 4.78 is 0.643. The molecular formula is C10H9N5O2S2. The fourth-order valence-electron chi connectivity index (χ4n) is 1.39. The Morgan fingerprint density at radius 2 is 2.32 bits per heavy atom. The maximum absolute atomic E-state index is 10.9. The van der Waals surface area contributed by atoms with Crippen molar-refractivity contribution in [1.82, 2.24) is 15.2 Å². The number of hydrogen-bond donors (Lipinski definition) is 1. The summed E-state index contributed by atoms with van der Waals surface area (Å²) in [5.41, 5.74) is -0.0144. The number of rotatable bonds is 5. The van der Waals surface area contributed by atoms with Crippen molar-refractivity contribution in [2.45, 2.75) is 28.2 Å². The smallest absolute Gasteiger partial charge is 0.301 e. The molecule has 1 fully saturated rings. The Morgan fingerprint density at radius 3 is 3.05 bits per heavy atom. The van der Waals surface area contributed by atoms with Crippen LogP contribution in [0.2, 0.25) is 0 Å². The van der Waals surface area contributed by atoms with E-state index < -0.39 is 4.92 Å². The Kier molecular flexibility index (Phi) is 3.30. The van der Waals surface area contributed by atoms with Crippen molar-refractivity contribution in [3.05, 3.63) is 28.4 Å². The van der Waals surface area contributed by atoms with Crippen molar-refractivity contribution in [3.63, 3.8) is 0 Å². The molecular weight excluding hydrogens is 286 g/mol. The number of pyridine rings is 1. The largest absolute Gasteiger partial charge is 0.357 e. The van der Waals surface area contributed by atoms with Gasteiger partial charge in [-0.25, -0.2) is 4.98 Å². The molecule has 9 heteroatoms. The van der Waals surface area contributed by atoms with Gasteiger partial charge in [0, 0.05) is 18.3 Å². The van der Waals surface area contributed by atoms with Crippen molar-refractivity contribution < 1.29 is 4.92 Å². The van der Waals surface area contributed by atoms with Crippen LogP contribution in [0, 0.1) is 10.1 Å². The summed E-state index contributed by atoms with van der Waals surface area (Å²) in [7, 11) is 0. The van der Waals surface area contributed by atoms with Crippen molar-refractivity contribution in [2.24, 2.45) is 0 Å². The minimum Gasteiger partial charge on any atom is -0.357 e. The van der Waals surface area contributed by atoms with Gasteiger partial charge in [-0.1, -0.05) is 11.3 Å². The summed E-state index contributed by atoms with van der Waals surface area (Å²) in [5.74, 6) is 0. The third kappa shape index (κ3) is 2.99. The van der Waals surface area contributed by atoms with Crippen LogP contribution in [0.15, 0.2) is 27.7 Å². The number of nitro groups is 1. The number of nitrogens with zero attached hydrogens (tertiary/aromatic N) is 4. The van der Waals surface area contributed by atoms with Gasteiger partial charge in [-0.3, -0.25) is 10.1 Å². The molecule has 3 rings (SSSR count). The lowest BCUT2D eigenvalue weighted by Gasteiger charge is -1.97. The topological polar surface area (TPSA) is 93.8 Å². The Hall–Kier alpha value is -1.74. The SMILES string of the molecule is O=[N+]([O-])c1cccnc1Sc1nnc(NC2CC2)s1. The van der Waals surface area contributed by atoms with E-state index in [0.717, 1.165) is 29.7 Å². The zero-order chi connectivity index (χ0) is 13.2. The lowest BCUT2D eigenvalue weighted by molar-refractivity contribution is -0.388. The fourth-order valence-corrected chi connectivity index (χ4v) is 3.20. The van der Waals surface area contributed by atoms with Gasteiger partial charge in [-0.2, -0.15) is 0 Å². The Balaban J connectivity index is 1.76. The summed E-state index contributed by atoms with van der Waals surface area (Å²) in [4.78, 5) is 14.5. The van der Waals surface area contributed by atoms with Crippen LogP contribution in [0.4, 0.5) is 10.8 Å². The molecule has 0 unspecified atom stereocenters. The molecule has 7 nitrogen and oxygen atoms in total. The monoisotopic (exact) mass is 295 g/mol. The van der Waals surface area contributed by atoms with Gasteiger partial charge < -0.3 is 5.32 Å². The van der Waals surface area contributed by atoms with Crippen LogP contribution in [0.1, 0.15) is 12.8 Å². The highest BCUT2D eigenvalue weighted by molar-refractivity contribution is 8.01. The van der Waals surface area contributed by atoms with Crippen LogP contribution in [-0.2, 0) is 0 Å². The molecule has 1 saturated carbocycles. The fraction of sp³-hybridized carbons (Fsp3) is 0.300. The molecule has 2 heterocycles. The average Bonchev–Trinajstić information content (AvgIpc) is 3.09. The highest BCUT2D eigenvalue weighted by atomic mass is 32.2. The molecule has 1 aliphatic carbocycles. The first-order chi connectivity index (χ1) is 9.22. The van der Waals surface area contributed by atoms with Crippen LogP contribution in [0.3, 0.4) is 0 Å². The first-order valence-electron chi connectivity index (χ1n) is 5.59. The number of nitrogens with one attached hydrogen (secondary N) is 1. The van der Waals surface area contributed by atoms with Crippen molar-refractivity contribution in [3.8, 4) is 0 Å². The zero-order valence-corrected chi connectivity index (χ0v) is 11.3. The molecule has 2 aromatic heterocycles. The third-order valence-corrected chi connectivity index (χ3v) is 4.36. The highest BCUT2D eigenvalue weighted by Crippen LogP contribution is 2.36. The maximum Gasteiger partial charge on any atom is 0.301 e. The molecule has 0 aromatic carbocycles. The van der Waals surface area contributed by atoms with Gasteiger partial charge >= 0.3 is 5.69 Å². The summed E-state index contributed by atoms with van der Waals surface area (Å²) in [5, 5.41) is 23.2. The lowest BCUT2D eigenvalue weighted by Crippen LogP contribution is -1.99. The maximum atomic E-state index is 10.9. The Morgan fingerprint density at radius 1 is 1.47 bits per heavy atom. The standard InChI is InChI=1S/C10H9N5O2S2/c16-15(17)7-2-1-5-11-8(7)18-10-14-13-9(19-10)12-6-3-4-6/h1-2,5-6H,3-4H2,(H,12,13). The van der Waals surface area contributed by atoms with E-state index in [9.17, 15) is 10.1 Å². The third-order valence-electron chi connectivity index (χ3n) is 2.44. The second kappa shape index (κ2) is 5.10. The van der Waals surface area contributed by atoms with Crippen LogP contribution in [-0.4, -0.2) is 26.1 Å². The number of hydrogen-bond acceptors (Lipinski definition) is 8. The van der Waals surface area contributed by atoms with Crippen molar-refractivity contribution in [2.75, 3.05) is 5.32 Å². The summed E-state index contributed by atoms with van der Waals surface area (Å²) >= 11 is 2.55. The van der Waals surface area contributed by atoms with Gasteiger partial charge in [0.25, 0.3) is 0 Å². The Labute approximate surface area is 116 Å². The van der Waals surface area contributed by atoms with Crippen molar-refractivity contribution >= 4 is 33.9 Å². The van der Waals surface area contributed by atoms with Crippen LogP contribution in [0.25, 0.3) is 0 Å². The Bertz CT molecular complexity index is 613. The molecule has 0 saturated heterocycles. The van der Waals surface area contributed by atoms with E-state index >= 15 is 0 Å². The van der Waals surface area contributed by atoms with Gasteiger partial charge in [0.05, 0.1) is 4.92 Å². The molecule has 0 atom stereocenters. The molecule has 1 aliphatic rings. The quantitative estimate of drug-likeness (QED) is 0.669. The average molecular weight is 295 g/mol. The molecule has 0 radical (unpaired) electrons. The van der Waals surface area contributed by atoms with E-state index in [1.807, 2.05) is 0 Å². The second-order valence-corrected chi connectivity index (χ2v) is 6.19. The minimum atomic E-state index is -0.445. The molecule has 19 heavy (non-hydrogen) atoms. The predicted octanol–water partition coefficient (Wildman–Crippen LogP) is 2.57. The summed E-state index contributed by atoms with van der Waals surface area (Å²) in [6, 6.07) is 3.48. The van der Waals surface area contributed by atoms with Crippen molar-refractivity contribution in [1.29, 1.82) is 0 Å². The highest BCUT2D eigenvalue weighted by Gasteiger charge is 2.23. The first-order valence-corrected chi connectivity index (χ1v) is 7.23. The first kappa shape index (κ1) is 12.3. The molecule has 0 aliphatic heterocycles.